The van der Waals surface area contributed by atoms with Crippen molar-refractivity contribution in [3.63, 3.8) is 0 Å². The molecule has 4 nitrogen and oxygen atoms in total. The molecule has 5 rings (SSSR count). The number of nitrogens with zero attached hydrogens (tertiary/aromatic N) is 2. The van der Waals surface area contributed by atoms with Crippen LogP contribution < -0.4 is 5.32 Å². The lowest BCUT2D eigenvalue weighted by atomic mass is 9.96. The van der Waals surface area contributed by atoms with Crippen molar-refractivity contribution in [3.05, 3.63) is 84.4 Å². The van der Waals surface area contributed by atoms with Crippen molar-refractivity contribution in [2.45, 2.75) is 38.1 Å². The first-order valence-electron chi connectivity index (χ1n) is 11.9. The van der Waals surface area contributed by atoms with Gasteiger partial charge in [-0.1, -0.05) is 90.8 Å². The van der Waals surface area contributed by atoms with E-state index < -0.39 is 0 Å². The maximum atomic E-state index is 5.72. The predicted molar refractivity (Wildman–Crippen MR) is 139 cm³/mol. The molecule has 1 unspecified atom stereocenters. The van der Waals surface area contributed by atoms with Crippen LogP contribution in [0, 0.1) is 0 Å². The van der Waals surface area contributed by atoms with Crippen molar-refractivity contribution in [2.75, 3.05) is 25.0 Å². The van der Waals surface area contributed by atoms with Gasteiger partial charge in [0.15, 0.2) is 0 Å². The molecule has 33 heavy (non-hydrogen) atoms. The van der Waals surface area contributed by atoms with Crippen LogP contribution >= 0.6 is 12.4 Å². The number of likely N-dealkylation sites (tertiary alicyclic amines) is 1. The second-order valence-electron chi connectivity index (χ2n) is 8.75. The summed E-state index contributed by atoms with van der Waals surface area (Å²) in [5, 5.41) is 10.6. The average molecular weight is 462 g/mol. The summed E-state index contributed by atoms with van der Waals surface area (Å²) in [6, 6.07) is 27.6. The van der Waals surface area contributed by atoms with Crippen LogP contribution in [0.5, 0.6) is 0 Å². The topological polar surface area (TPSA) is 41.3 Å². The lowest BCUT2D eigenvalue weighted by Gasteiger charge is -2.25. The highest BCUT2D eigenvalue weighted by atomic mass is 35.5. The van der Waals surface area contributed by atoms with Crippen molar-refractivity contribution in [3.8, 4) is 11.3 Å². The number of nitrogens with one attached hydrogen (secondary N) is 1. The van der Waals surface area contributed by atoms with Crippen LogP contribution in [0.3, 0.4) is 0 Å². The van der Waals surface area contributed by atoms with E-state index in [1.54, 1.807) is 0 Å². The van der Waals surface area contributed by atoms with Gasteiger partial charge in [-0.3, -0.25) is 0 Å². The Balaban J connectivity index is 0.00000259. The third kappa shape index (κ3) is 5.76. The molecule has 4 aromatic rings. The maximum Gasteiger partial charge on any atom is 0.225 e. The number of anilines is 1. The number of hydrogen-bond donors (Lipinski definition) is 1. The van der Waals surface area contributed by atoms with Crippen molar-refractivity contribution in [1.29, 1.82) is 0 Å². The van der Waals surface area contributed by atoms with Gasteiger partial charge < -0.3 is 14.7 Å². The molecule has 1 fully saturated rings. The molecular weight excluding hydrogens is 430 g/mol. The number of benzene rings is 3. The van der Waals surface area contributed by atoms with Gasteiger partial charge in [-0.15, -0.1) is 12.4 Å². The highest BCUT2D eigenvalue weighted by Crippen LogP contribution is 2.31. The first-order chi connectivity index (χ1) is 15.9. The van der Waals surface area contributed by atoms with Crippen LogP contribution in [0.15, 0.2) is 83.4 Å². The fourth-order valence-electron chi connectivity index (χ4n) is 4.79. The van der Waals surface area contributed by atoms with E-state index in [-0.39, 0.29) is 18.4 Å². The molecule has 0 spiro atoms. The zero-order valence-electron chi connectivity index (χ0n) is 19.0. The smallest absolute Gasteiger partial charge is 0.225 e. The largest absolute Gasteiger partial charge is 0.347 e. The van der Waals surface area contributed by atoms with Crippen LogP contribution in [0.4, 0.5) is 5.88 Å². The zero-order valence-corrected chi connectivity index (χ0v) is 19.8. The normalized spacial score (nSPS) is 15.5. The third-order valence-electron chi connectivity index (χ3n) is 6.53. The molecule has 1 aromatic heterocycles. The SMILES string of the molecule is Cl.c1ccc(-c2cc(NC(CCN3CCCCCC3)c3cccc4ccccc34)on2)cc1. The maximum absolute atomic E-state index is 5.72. The molecule has 0 saturated carbocycles. The van der Waals surface area contributed by atoms with Crippen LogP contribution in [0.25, 0.3) is 22.0 Å². The monoisotopic (exact) mass is 461 g/mol. The van der Waals surface area contributed by atoms with Gasteiger partial charge in [-0.05, 0) is 48.7 Å². The van der Waals surface area contributed by atoms with Crippen molar-refractivity contribution < 1.29 is 4.52 Å². The minimum atomic E-state index is 0. The van der Waals surface area contributed by atoms with Gasteiger partial charge in [0.25, 0.3) is 0 Å². The summed E-state index contributed by atoms with van der Waals surface area (Å²) in [4.78, 5) is 2.63. The van der Waals surface area contributed by atoms with Gasteiger partial charge in [-0.2, -0.15) is 0 Å². The number of rotatable bonds is 7. The van der Waals surface area contributed by atoms with E-state index in [1.807, 2.05) is 24.3 Å². The first kappa shape index (κ1) is 23.3. The highest BCUT2D eigenvalue weighted by Gasteiger charge is 2.19. The summed E-state index contributed by atoms with van der Waals surface area (Å²) in [6.07, 6.45) is 6.38. The summed E-state index contributed by atoms with van der Waals surface area (Å²) in [7, 11) is 0. The van der Waals surface area contributed by atoms with Crippen LogP contribution in [-0.4, -0.2) is 29.7 Å². The summed E-state index contributed by atoms with van der Waals surface area (Å²) in [5.74, 6) is 0.720. The van der Waals surface area contributed by atoms with E-state index in [1.165, 1.54) is 55.1 Å². The Kier molecular flexibility index (Phi) is 8.03. The summed E-state index contributed by atoms with van der Waals surface area (Å²) in [5.41, 5.74) is 3.24. The third-order valence-corrected chi connectivity index (χ3v) is 6.53. The fraction of sp³-hybridized carbons (Fsp3) is 0.321. The molecule has 2 heterocycles. The van der Waals surface area contributed by atoms with Crippen molar-refractivity contribution in [1.82, 2.24) is 10.1 Å². The molecular formula is C28H32ClN3O. The van der Waals surface area contributed by atoms with E-state index in [4.69, 9.17) is 4.52 Å². The molecule has 0 amide bonds. The lowest BCUT2D eigenvalue weighted by molar-refractivity contribution is 0.275. The van der Waals surface area contributed by atoms with Crippen LogP contribution in [-0.2, 0) is 0 Å². The molecule has 0 radical (unpaired) electrons. The van der Waals surface area contributed by atoms with Gasteiger partial charge in [-0.25, -0.2) is 0 Å². The Labute approximate surface area is 202 Å². The molecule has 3 aromatic carbocycles. The van der Waals surface area contributed by atoms with Gasteiger partial charge in [0.05, 0.1) is 6.04 Å². The number of aromatic nitrogens is 1. The molecule has 0 bridgehead atoms. The minimum absolute atomic E-state index is 0. The fourth-order valence-corrected chi connectivity index (χ4v) is 4.79. The molecule has 1 atom stereocenters. The second kappa shape index (κ2) is 11.4. The molecule has 1 aliphatic rings. The number of fused-ring (bicyclic) bond motifs is 1. The van der Waals surface area contributed by atoms with Crippen LogP contribution in [0.1, 0.15) is 43.7 Å². The van der Waals surface area contributed by atoms with E-state index in [9.17, 15) is 0 Å². The summed E-state index contributed by atoms with van der Waals surface area (Å²) < 4.78 is 5.72. The zero-order chi connectivity index (χ0) is 21.6. The summed E-state index contributed by atoms with van der Waals surface area (Å²) >= 11 is 0. The predicted octanol–water partition coefficient (Wildman–Crippen LogP) is 7.34. The Morgan fingerprint density at radius 2 is 1.58 bits per heavy atom. The quantitative estimate of drug-likeness (QED) is 0.312. The second-order valence-corrected chi connectivity index (χ2v) is 8.75. The molecule has 0 aliphatic carbocycles. The standard InChI is InChI=1S/C28H31N3O.ClH/c1-2-9-19-31(18-8-1)20-17-26(25-16-10-14-22-11-6-7-15-24(22)25)29-28-21-27(30-32-28)23-12-4-3-5-13-23;/h3-7,10-16,21,26,29H,1-2,8-9,17-20H2;1H. The van der Waals surface area contributed by atoms with Gasteiger partial charge in [0.2, 0.25) is 5.88 Å². The van der Waals surface area contributed by atoms with E-state index in [2.05, 4.69) is 70.0 Å². The molecule has 1 aliphatic heterocycles. The Morgan fingerprint density at radius 3 is 2.39 bits per heavy atom. The van der Waals surface area contributed by atoms with E-state index in [0.717, 1.165) is 30.1 Å². The molecule has 5 heteroatoms. The van der Waals surface area contributed by atoms with Crippen LogP contribution in [0.2, 0.25) is 0 Å². The first-order valence-corrected chi connectivity index (χ1v) is 11.9. The van der Waals surface area contributed by atoms with E-state index in [0.29, 0.717) is 0 Å². The number of halogens is 1. The Hall–Kier alpha value is -2.82. The molecule has 172 valence electrons. The average Bonchev–Trinajstić information content (AvgIpc) is 3.16. The van der Waals surface area contributed by atoms with Crippen molar-refractivity contribution >= 4 is 29.1 Å². The summed E-state index contributed by atoms with van der Waals surface area (Å²) in [6.45, 7) is 3.51. The van der Waals surface area contributed by atoms with Gasteiger partial charge in [0, 0.05) is 18.2 Å². The Bertz CT molecular complexity index is 1130. The van der Waals surface area contributed by atoms with Gasteiger partial charge in [0.1, 0.15) is 5.69 Å². The highest BCUT2D eigenvalue weighted by molar-refractivity contribution is 5.86. The minimum Gasteiger partial charge on any atom is -0.347 e. The molecule has 1 saturated heterocycles. The van der Waals surface area contributed by atoms with Crippen molar-refractivity contribution in [2.24, 2.45) is 0 Å². The lowest BCUT2D eigenvalue weighted by Crippen LogP contribution is -2.28. The van der Waals surface area contributed by atoms with Gasteiger partial charge >= 0.3 is 0 Å². The molecule has 1 N–H and O–H groups in total. The Morgan fingerprint density at radius 1 is 0.848 bits per heavy atom. The number of hydrogen-bond acceptors (Lipinski definition) is 4. The van der Waals surface area contributed by atoms with E-state index >= 15 is 0 Å².